The van der Waals surface area contributed by atoms with Gasteiger partial charge in [0, 0.05) is 19.2 Å². The molecule has 0 aromatic carbocycles. The third-order valence-corrected chi connectivity index (χ3v) is 2.32. The third-order valence-electron chi connectivity index (χ3n) is 2.32. The van der Waals surface area contributed by atoms with E-state index in [1.165, 1.54) is 0 Å². The van der Waals surface area contributed by atoms with Gasteiger partial charge in [-0.1, -0.05) is 5.16 Å². The Morgan fingerprint density at radius 1 is 1.40 bits per heavy atom. The number of nitrogens with zero attached hydrogens (tertiary/aromatic N) is 2. The molecule has 0 radical (unpaired) electrons. The molecule has 1 fully saturated rings. The Balaban J connectivity index is 1.91. The standard InChI is InChI=1S/C9H14N2O4/c12-9(13)8-5-7(15-10-8)6-11-1-3-14-4-2-11/h5,9,12-13H,1-4,6H2. The molecule has 2 N–H and O–H groups in total. The van der Waals surface area contributed by atoms with Crippen molar-refractivity contribution in [2.45, 2.75) is 12.8 Å². The van der Waals surface area contributed by atoms with Crippen molar-refractivity contribution in [2.24, 2.45) is 0 Å². The highest BCUT2D eigenvalue weighted by Gasteiger charge is 2.15. The smallest absolute Gasteiger partial charge is 0.199 e. The van der Waals surface area contributed by atoms with Crippen LogP contribution in [0.15, 0.2) is 10.6 Å². The highest BCUT2D eigenvalue weighted by atomic mass is 16.5. The van der Waals surface area contributed by atoms with Gasteiger partial charge < -0.3 is 19.5 Å². The molecule has 0 atom stereocenters. The van der Waals surface area contributed by atoms with Crippen LogP contribution in [0.3, 0.4) is 0 Å². The normalized spacial score (nSPS) is 18.6. The van der Waals surface area contributed by atoms with E-state index in [-0.39, 0.29) is 5.69 Å². The van der Waals surface area contributed by atoms with Crippen molar-refractivity contribution < 1.29 is 19.5 Å². The van der Waals surface area contributed by atoms with Gasteiger partial charge in [-0.25, -0.2) is 0 Å². The number of ether oxygens (including phenoxy) is 1. The molecular formula is C9H14N2O4. The first-order chi connectivity index (χ1) is 7.25. The molecule has 0 saturated carbocycles. The van der Waals surface area contributed by atoms with Crippen LogP contribution in [0.5, 0.6) is 0 Å². The number of aliphatic hydroxyl groups excluding tert-OH is 1. The van der Waals surface area contributed by atoms with Crippen LogP contribution in [0.1, 0.15) is 17.7 Å². The van der Waals surface area contributed by atoms with Gasteiger partial charge in [-0.15, -0.1) is 0 Å². The molecule has 2 heterocycles. The van der Waals surface area contributed by atoms with Crippen molar-refractivity contribution in [1.82, 2.24) is 10.1 Å². The van der Waals surface area contributed by atoms with Gasteiger partial charge in [0.25, 0.3) is 0 Å². The minimum Gasteiger partial charge on any atom is -0.379 e. The van der Waals surface area contributed by atoms with E-state index in [4.69, 9.17) is 19.5 Å². The molecular weight excluding hydrogens is 200 g/mol. The van der Waals surface area contributed by atoms with Gasteiger partial charge in [-0.2, -0.15) is 0 Å². The summed E-state index contributed by atoms with van der Waals surface area (Å²) in [4.78, 5) is 2.16. The lowest BCUT2D eigenvalue weighted by Crippen LogP contribution is -2.35. The predicted octanol–water partition coefficient (Wildman–Crippen LogP) is -0.510. The number of morpholine rings is 1. The average molecular weight is 214 g/mol. The van der Waals surface area contributed by atoms with Gasteiger partial charge in [0.15, 0.2) is 12.1 Å². The first kappa shape index (κ1) is 10.6. The minimum absolute atomic E-state index is 0.151. The summed E-state index contributed by atoms with van der Waals surface area (Å²) >= 11 is 0. The molecule has 1 aromatic rings. The zero-order valence-electron chi connectivity index (χ0n) is 8.30. The molecule has 0 bridgehead atoms. The maximum atomic E-state index is 8.84. The van der Waals surface area contributed by atoms with Gasteiger partial charge >= 0.3 is 0 Å². The highest BCUT2D eigenvalue weighted by Crippen LogP contribution is 2.12. The zero-order chi connectivity index (χ0) is 10.7. The Bertz CT molecular complexity index is 307. The van der Waals surface area contributed by atoms with E-state index in [0.717, 1.165) is 26.3 Å². The van der Waals surface area contributed by atoms with Crippen molar-refractivity contribution in [3.63, 3.8) is 0 Å². The van der Waals surface area contributed by atoms with Crippen LogP contribution in [0.4, 0.5) is 0 Å². The maximum absolute atomic E-state index is 8.84. The molecule has 1 aliphatic heterocycles. The topological polar surface area (TPSA) is 79.0 Å². The largest absolute Gasteiger partial charge is 0.379 e. The molecule has 1 aromatic heterocycles. The Morgan fingerprint density at radius 3 is 2.73 bits per heavy atom. The van der Waals surface area contributed by atoms with Crippen LogP contribution in [0.2, 0.25) is 0 Å². The Kier molecular flexibility index (Phi) is 3.32. The van der Waals surface area contributed by atoms with Gasteiger partial charge in [0.2, 0.25) is 0 Å². The number of aliphatic hydroxyl groups is 2. The summed E-state index contributed by atoms with van der Waals surface area (Å²) in [6.45, 7) is 3.80. The van der Waals surface area contributed by atoms with Crippen LogP contribution >= 0.6 is 0 Å². The zero-order valence-corrected chi connectivity index (χ0v) is 8.30. The fourth-order valence-electron chi connectivity index (χ4n) is 1.50. The third kappa shape index (κ3) is 2.75. The van der Waals surface area contributed by atoms with Crippen LogP contribution in [0, 0.1) is 0 Å². The summed E-state index contributed by atoms with van der Waals surface area (Å²) in [5.41, 5.74) is 0.151. The molecule has 6 nitrogen and oxygen atoms in total. The summed E-state index contributed by atoms with van der Waals surface area (Å²) < 4.78 is 10.2. The summed E-state index contributed by atoms with van der Waals surface area (Å²) in [7, 11) is 0. The van der Waals surface area contributed by atoms with Gasteiger partial charge in [-0.05, 0) is 0 Å². The van der Waals surface area contributed by atoms with E-state index in [1.807, 2.05) is 0 Å². The summed E-state index contributed by atoms with van der Waals surface area (Å²) in [5.74, 6) is 0.639. The van der Waals surface area contributed by atoms with Crippen LogP contribution < -0.4 is 0 Å². The minimum atomic E-state index is -1.56. The van der Waals surface area contributed by atoms with Crippen LogP contribution in [-0.4, -0.2) is 46.6 Å². The first-order valence-corrected chi connectivity index (χ1v) is 4.87. The molecule has 84 valence electrons. The quantitative estimate of drug-likeness (QED) is 0.660. The summed E-state index contributed by atoms with van der Waals surface area (Å²) in [5, 5.41) is 21.2. The van der Waals surface area contributed by atoms with Crippen molar-refractivity contribution in [3.05, 3.63) is 17.5 Å². The van der Waals surface area contributed by atoms with Crippen molar-refractivity contribution in [3.8, 4) is 0 Å². The van der Waals surface area contributed by atoms with Gasteiger partial charge in [0.05, 0.1) is 19.8 Å². The lowest BCUT2D eigenvalue weighted by atomic mass is 10.3. The molecule has 1 saturated heterocycles. The van der Waals surface area contributed by atoms with Crippen molar-refractivity contribution in [1.29, 1.82) is 0 Å². The molecule has 0 amide bonds. The molecule has 0 spiro atoms. The monoisotopic (exact) mass is 214 g/mol. The summed E-state index contributed by atoms with van der Waals surface area (Å²) in [6.07, 6.45) is -1.56. The Labute approximate surface area is 87.0 Å². The fourth-order valence-corrected chi connectivity index (χ4v) is 1.50. The second kappa shape index (κ2) is 4.71. The van der Waals surface area contributed by atoms with Gasteiger partial charge in [-0.3, -0.25) is 4.90 Å². The average Bonchev–Trinajstić information content (AvgIpc) is 2.68. The van der Waals surface area contributed by atoms with Gasteiger partial charge in [0.1, 0.15) is 5.69 Å². The van der Waals surface area contributed by atoms with E-state index in [9.17, 15) is 0 Å². The molecule has 0 unspecified atom stereocenters. The van der Waals surface area contributed by atoms with Crippen molar-refractivity contribution in [2.75, 3.05) is 26.3 Å². The highest BCUT2D eigenvalue weighted by molar-refractivity contribution is 5.06. The summed E-state index contributed by atoms with van der Waals surface area (Å²) in [6, 6.07) is 1.56. The van der Waals surface area contributed by atoms with Crippen molar-refractivity contribution >= 4 is 0 Å². The second-order valence-electron chi connectivity index (χ2n) is 3.48. The first-order valence-electron chi connectivity index (χ1n) is 4.87. The lowest BCUT2D eigenvalue weighted by Gasteiger charge is -2.25. The molecule has 15 heavy (non-hydrogen) atoms. The Morgan fingerprint density at radius 2 is 2.13 bits per heavy atom. The van der Waals surface area contributed by atoms with E-state index < -0.39 is 6.29 Å². The lowest BCUT2D eigenvalue weighted by molar-refractivity contribution is -0.0476. The molecule has 1 aliphatic rings. The molecule has 6 heteroatoms. The predicted molar refractivity (Wildman–Crippen MR) is 49.8 cm³/mol. The number of hydrogen-bond acceptors (Lipinski definition) is 6. The van der Waals surface area contributed by atoms with E-state index in [2.05, 4.69) is 10.1 Å². The molecule has 2 rings (SSSR count). The maximum Gasteiger partial charge on any atom is 0.199 e. The SMILES string of the molecule is OC(O)c1cc(CN2CCOCC2)on1. The van der Waals surface area contributed by atoms with E-state index >= 15 is 0 Å². The second-order valence-corrected chi connectivity index (χ2v) is 3.48. The van der Waals surface area contributed by atoms with Crippen LogP contribution in [0.25, 0.3) is 0 Å². The number of rotatable bonds is 3. The van der Waals surface area contributed by atoms with E-state index in [0.29, 0.717) is 12.3 Å². The Hall–Kier alpha value is -0.950. The fraction of sp³-hybridized carbons (Fsp3) is 0.667. The number of hydrogen-bond donors (Lipinski definition) is 2. The van der Waals surface area contributed by atoms with Crippen LogP contribution in [-0.2, 0) is 11.3 Å². The molecule has 0 aliphatic carbocycles. The van der Waals surface area contributed by atoms with E-state index in [1.54, 1.807) is 6.07 Å². The number of aromatic nitrogens is 1.